The molecule has 1 aliphatic heterocycles. The number of aromatic hydroxyl groups is 1. The summed E-state index contributed by atoms with van der Waals surface area (Å²) in [6.07, 6.45) is 0. The highest BCUT2D eigenvalue weighted by molar-refractivity contribution is 6.05. The molecule has 1 unspecified atom stereocenters. The fourth-order valence-electron chi connectivity index (χ4n) is 5.84. The molecule has 0 aliphatic carbocycles. The van der Waals surface area contributed by atoms with Crippen LogP contribution in [0.5, 0.6) is 5.75 Å². The lowest BCUT2D eigenvalue weighted by Gasteiger charge is -2.47. The van der Waals surface area contributed by atoms with Crippen LogP contribution >= 0.6 is 0 Å². The van der Waals surface area contributed by atoms with E-state index in [4.69, 9.17) is 0 Å². The third-order valence-electron chi connectivity index (χ3n) is 8.14. The topological polar surface area (TPSA) is 47.0 Å². The first-order valence-corrected chi connectivity index (χ1v) is 14.2. The largest absolute Gasteiger partial charge is 0.508 e. The molecule has 5 rings (SSSR count). The normalized spacial score (nSPS) is 18.7. The minimum absolute atomic E-state index is 0.159. The predicted molar refractivity (Wildman–Crippen MR) is 163 cm³/mol. The third-order valence-corrected chi connectivity index (χ3v) is 8.14. The molecule has 1 N–H and O–H groups in total. The Balaban J connectivity index is 1.45. The molecule has 4 aromatic rings. The second-order valence-electron chi connectivity index (χ2n) is 11.3. The summed E-state index contributed by atoms with van der Waals surface area (Å²) in [6, 6.07) is 30.2. The van der Waals surface area contributed by atoms with Gasteiger partial charge >= 0.3 is 0 Å². The minimum atomic E-state index is -0.385. The van der Waals surface area contributed by atoms with Gasteiger partial charge in [0.15, 0.2) is 0 Å². The standard InChI is InChI=1S/C35H38FN3O2/c1-24-14-16-27(17-15-24)23-38-21-26(3)39(22-25(38)2)34(29-9-6-13-33(40)19-29)28-8-5-10-30(18-28)35(41)37(4)32-12-7-11-31(36)20-32/h5-20,25-26,34,40H,21-23H2,1-4H3/t25-,26+,34?/m1/s1. The highest BCUT2D eigenvalue weighted by Crippen LogP contribution is 2.35. The lowest BCUT2D eigenvalue weighted by atomic mass is 9.92. The zero-order valence-corrected chi connectivity index (χ0v) is 24.2. The number of carbonyl (C=O) groups is 1. The fourth-order valence-corrected chi connectivity index (χ4v) is 5.84. The van der Waals surface area contributed by atoms with Crippen LogP contribution in [0.15, 0.2) is 97.1 Å². The van der Waals surface area contributed by atoms with E-state index in [1.54, 1.807) is 31.3 Å². The lowest BCUT2D eigenvalue weighted by Crippen LogP contribution is -2.56. The van der Waals surface area contributed by atoms with Crippen LogP contribution in [-0.4, -0.2) is 53.0 Å². The Bertz CT molecular complexity index is 1510. The first-order chi connectivity index (χ1) is 19.7. The van der Waals surface area contributed by atoms with Crippen molar-refractivity contribution in [3.8, 4) is 5.75 Å². The average molecular weight is 552 g/mol. The summed E-state index contributed by atoms with van der Waals surface area (Å²) in [4.78, 5) is 20.0. The molecule has 4 aromatic carbocycles. The van der Waals surface area contributed by atoms with E-state index in [0.29, 0.717) is 17.3 Å². The van der Waals surface area contributed by atoms with E-state index in [9.17, 15) is 14.3 Å². The van der Waals surface area contributed by atoms with Gasteiger partial charge in [-0.15, -0.1) is 0 Å². The zero-order valence-electron chi connectivity index (χ0n) is 24.2. The van der Waals surface area contributed by atoms with Crippen molar-refractivity contribution in [2.75, 3.05) is 25.0 Å². The van der Waals surface area contributed by atoms with Crippen molar-refractivity contribution in [2.24, 2.45) is 0 Å². The van der Waals surface area contributed by atoms with Crippen LogP contribution in [0, 0.1) is 12.7 Å². The van der Waals surface area contributed by atoms with E-state index in [2.05, 4.69) is 54.8 Å². The zero-order chi connectivity index (χ0) is 29.1. The van der Waals surface area contributed by atoms with E-state index in [1.807, 2.05) is 36.4 Å². The maximum absolute atomic E-state index is 13.9. The van der Waals surface area contributed by atoms with Gasteiger partial charge in [0.2, 0.25) is 0 Å². The Morgan fingerprint density at radius 2 is 1.59 bits per heavy atom. The van der Waals surface area contributed by atoms with Crippen molar-refractivity contribution in [2.45, 2.75) is 45.4 Å². The van der Waals surface area contributed by atoms with Crippen LogP contribution in [0.2, 0.25) is 0 Å². The molecular weight excluding hydrogens is 513 g/mol. The van der Waals surface area contributed by atoms with Crippen molar-refractivity contribution in [3.05, 3.63) is 131 Å². The van der Waals surface area contributed by atoms with Crippen LogP contribution in [0.4, 0.5) is 10.1 Å². The molecule has 6 heteroatoms. The number of amides is 1. The molecule has 1 saturated heterocycles. The number of rotatable bonds is 7. The summed E-state index contributed by atoms with van der Waals surface area (Å²) in [5.74, 6) is -0.384. The highest BCUT2D eigenvalue weighted by Gasteiger charge is 2.35. The SMILES string of the molecule is Cc1ccc(CN2C[C@H](C)N(C(c3cccc(O)c3)c3cccc(C(=O)N(C)c4cccc(F)c4)c3)C[C@H]2C)cc1. The van der Waals surface area contributed by atoms with E-state index in [-0.39, 0.29) is 29.6 Å². The monoisotopic (exact) mass is 551 g/mol. The molecule has 0 spiro atoms. The Kier molecular flexibility index (Phi) is 8.52. The van der Waals surface area contributed by atoms with E-state index in [1.165, 1.54) is 28.2 Å². The molecule has 0 aromatic heterocycles. The molecule has 41 heavy (non-hydrogen) atoms. The van der Waals surface area contributed by atoms with Crippen molar-refractivity contribution >= 4 is 11.6 Å². The summed E-state index contributed by atoms with van der Waals surface area (Å²) in [5.41, 5.74) is 5.53. The van der Waals surface area contributed by atoms with Crippen molar-refractivity contribution < 1.29 is 14.3 Å². The average Bonchev–Trinajstić information content (AvgIpc) is 2.96. The predicted octanol–water partition coefficient (Wildman–Crippen LogP) is 6.80. The molecule has 0 bridgehead atoms. The van der Waals surface area contributed by atoms with Gasteiger partial charge < -0.3 is 10.0 Å². The summed E-state index contributed by atoms with van der Waals surface area (Å²) < 4.78 is 13.9. The number of phenolic OH excluding ortho intramolecular Hbond substituents is 1. The number of piperazine rings is 1. The second kappa shape index (κ2) is 12.2. The Morgan fingerprint density at radius 3 is 2.29 bits per heavy atom. The molecule has 1 amide bonds. The quantitative estimate of drug-likeness (QED) is 0.274. The van der Waals surface area contributed by atoms with Gasteiger partial charge in [-0.2, -0.15) is 0 Å². The number of carbonyl (C=O) groups excluding carboxylic acids is 1. The molecule has 0 radical (unpaired) electrons. The number of anilines is 1. The van der Waals surface area contributed by atoms with Gasteiger partial charge in [-0.05, 0) is 79.9 Å². The first-order valence-electron chi connectivity index (χ1n) is 14.2. The summed E-state index contributed by atoms with van der Waals surface area (Å²) in [5, 5.41) is 10.4. The lowest BCUT2D eigenvalue weighted by molar-refractivity contribution is 0.0195. The van der Waals surface area contributed by atoms with Crippen LogP contribution in [0.3, 0.4) is 0 Å². The molecule has 5 nitrogen and oxygen atoms in total. The Morgan fingerprint density at radius 1 is 0.902 bits per heavy atom. The Labute approximate surface area is 242 Å². The van der Waals surface area contributed by atoms with E-state index >= 15 is 0 Å². The molecule has 0 saturated carbocycles. The number of phenols is 1. The van der Waals surface area contributed by atoms with Crippen LogP contribution in [0.1, 0.15) is 52.5 Å². The molecular formula is C35H38FN3O2. The highest BCUT2D eigenvalue weighted by atomic mass is 19.1. The number of hydrogen-bond donors (Lipinski definition) is 1. The smallest absolute Gasteiger partial charge is 0.258 e. The number of halogens is 1. The molecule has 3 atom stereocenters. The van der Waals surface area contributed by atoms with Crippen molar-refractivity contribution in [3.63, 3.8) is 0 Å². The molecule has 212 valence electrons. The first kappa shape index (κ1) is 28.5. The maximum Gasteiger partial charge on any atom is 0.258 e. The van der Waals surface area contributed by atoms with Crippen LogP contribution in [-0.2, 0) is 6.54 Å². The van der Waals surface area contributed by atoms with Crippen molar-refractivity contribution in [1.82, 2.24) is 9.80 Å². The number of benzene rings is 4. The summed E-state index contributed by atoms with van der Waals surface area (Å²) >= 11 is 0. The second-order valence-corrected chi connectivity index (χ2v) is 11.3. The Hall–Kier alpha value is -4.00. The van der Waals surface area contributed by atoms with Gasteiger partial charge in [0.1, 0.15) is 11.6 Å². The number of nitrogens with zero attached hydrogens (tertiary/aromatic N) is 3. The molecule has 1 aliphatic rings. The van der Waals surface area contributed by atoms with Crippen molar-refractivity contribution in [1.29, 1.82) is 0 Å². The molecule has 1 heterocycles. The van der Waals surface area contributed by atoms with Crippen LogP contribution < -0.4 is 4.90 Å². The summed E-state index contributed by atoms with van der Waals surface area (Å²) in [6.45, 7) is 9.24. The maximum atomic E-state index is 13.9. The summed E-state index contributed by atoms with van der Waals surface area (Å²) in [7, 11) is 1.66. The van der Waals surface area contributed by atoms with Gasteiger partial charge in [0.25, 0.3) is 5.91 Å². The van der Waals surface area contributed by atoms with E-state index < -0.39 is 0 Å². The van der Waals surface area contributed by atoms with E-state index in [0.717, 1.165) is 30.8 Å². The third kappa shape index (κ3) is 6.50. The van der Waals surface area contributed by atoms with Gasteiger partial charge in [0, 0.05) is 50.0 Å². The van der Waals surface area contributed by atoms with Gasteiger partial charge in [-0.1, -0.05) is 60.2 Å². The number of hydrogen-bond acceptors (Lipinski definition) is 4. The van der Waals surface area contributed by atoms with Gasteiger partial charge in [0.05, 0.1) is 6.04 Å². The van der Waals surface area contributed by atoms with Gasteiger partial charge in [-0.25, -0.2) is 4.39 Å². The van der Waals surface area contributed by atoms with Gasteiger partial charge in [-0.3, -0.25) is 14.6 Å². The minimum Gasteiger partial charge on any atom is -0.508 e. The molecule has 1 fully saturated rings. The number of aryl methyl sites for hydroxylation is 1. The van der Waals surface area contributed by atoms with Crippen LogP contribution in [0.25, 0.3) is 0 Å². The fraction of sp³-hybridized carbons (Fsp3) is 0.286.